The lowest BCUT2D eigenvalue weighted by Gasteiger charge is -2.35. The van der Waals surface area contributed by atoms with Crippen molar-refractivity contribution in [3.63, 3.8) is 0 Å². The maximum Gasteiger partial charge on any atom is 0.0611 e. The van der Waals surface area contributed by atoms with Gasteiger partial charge in [-0.3, -0.25) is 0 Å². The van der Waals surface area contributed by atoms with Crippen molar-refractivity contribution in [2.45, 2.75) is 83.3 Å². The van der Waals surface area contributed by atoms with Crippen LogP contribution in [0.5, 0.6) is 0 Å². The summed E-state index contributed by atoms with van der Waals surface area (Å²) >= 11 is 0. The molecule has 1 saturated carbocycles. The van der Waals surface area contributed by atoms with Gasteiger partial charge in [-0.2, -0.15) is 0 Å². The maximum atomic E-state index is 9.62. The van der Waals surface area contributed by atoms with Crippen molar-refractivity contribution in [1.29, 1.82) is 0 Å². The molecule has 1 rings (SSSR count). The lowest BCUT2D eigenvalue weighted by atomic mass is 9.96. The highest BCUT2D eigenvalue weighted by molar-refractivity contribution is 4.85. The van der Waals surface area contributed by atoms with Gasteiger partial charge >= 0.3 is 0 Å². The fraction of sp³-hybridized carbons (Fsp3) is 1.00. The van der Waals surface area contributed by atoms with Gasteiger partial charge in [-0.25, -0.2) is 0 Å². The van der Waals surface area contributed by atoms with Gasteiger partial charge in [0.25, 0.3) is 0 Å². The van der Waals surface area contributed by atoms with Crippen LogP contribution in [0.1, 0.15) is 65.7 Å². The van der Waals surface area contributed by atoms with Crippen molar-refractivity contribution in [1.82, 2.24) is 10.2 Å². The molecule has 0 aromatic heterocycles. The van der Waals surface area contributed by atoms with Crippen molar-refractivity contribution < 1.29 is 5.11 Å². The molecule has 1 unspecified atom stereocenters. The summed E-state index contributed by atoms with van der Waals surface area (Å²) in [6.45, 7) is 7.70. The predicted octanol–water partition coefficient (Wildman–Crippen LogP) is 2.78. The summed E-state index contributed by atoms with van der Waals surface area (Å²) in [4.78, 5) is 2.52. The van der Waals surface area contributed by atoms with Crippen LogP contribution in [0.3, 0.4) is 0 Å². The first-order valence-corrected chi connectivity index (χ1v) is 8.05. The van der Waals surface area contributed by atoms with Gasteiger partial charge in [-0.05, 0) is 39.8 Å². The van der Waals surface area contributed by atoms with Gasteiger partial charge in [-0.15, -0.1) is 0 Å². The van der Waals surface area contributed by atoms with E-state index in [0.717, 1.165) is 19.0 Å². The quantitative estimate of drug-likeness (QED) is 0.698. The smallest absolute Gasteiger partial charge is 0.0611 e. The molecular formula is C16H34N2O. The largest absolute Gasteiger partial charge is 0.394 e. The van der Waals surface area contributed by atoms with Crippen molar-refractivity contribution >= 4 is 0 Å². The van der Waals surface area contributed by atoms with Gasteiger partial charge in [0.05, 0.1) is 6.61 Å². The standard InChI is InChI=1S/C16H34N2O/c1-14(2)17-16(3,13-19)11-12-18(4)15-9-7-5-6-8-10-15/h14-15,17,19H,5-13H2,1-4H3. The first-order chi connectivity index (χ1) is 8.97. The van der Waals surface area contributed by atoms with Crippen LogP contribution in [-0.4, -0.2) is 47.8 Å². The molecule has 114 valence electrons. The molecular weight excluding hydrogens is 236 g/mol. The Balaban J connectivity index is 2.40. The summed E-state index contributed by atoms with van der Waals surface area (Å²) in [5, 5.41) is 13.1. The number of aliphatic hydroxyl groups excluding tert-OH is 1. The molecule has 2 N–H and O–H groups in total. The molecule has 0 aromatic rings. The van der Waals surface area contributed by atoms with E-state index in [2.05, 4.69) is 38.0 Å². The van der Waals surface area contributed by atoms with Crippen LogP contribution >= 0.6 is 0 Å². The molecule has 1 aliphatic carbocycles. The van der Waals surface area contributed by atoms with Crippen LogP contribution < -0.4 is 5.32 Å². The molecule has 0 aliphatic heterocycles. The predicted molar refractivity (Wildman–Crippen MR) is 82.5 cm³/mol. The van der Waals surface area contributed by atoms with Crippen LogP contribution in [-0.2, 0) is 0 Å². The SMILES string of the molecule is CC(C)NC(C)(CO)CCN(C)C1CCCCCC1. The third-order valence-corrected chi connectivity index (χ3v) is 4.45. The summed E-state index contributed by atoms with van der Waals surface area (Å²) in [7, 11) is 2.25. The Morgan fingerprint density at radius 3 is 2.26 bits per heavy atom. The number of aliphatic hydroxyl groups is 1. The van der Waals surface area contributed by atoms with Gasteiger partial charge in [0.2, 0.25) is 0 Å². The fourth-order valence-electron chi connectivity index (χ4n) is 3.20. The number of hydrogen-bond acceptors (Lipinski definition) is 3. The molecule has 0 spiro atoms. The first kappa shape index (κ1) is 16.9. The second-order valence-corrected chi connectivity index (χ2v) is 6.89. The Labute approximate surface area is 119 Å². The highest BCUT2D eigenvalue weighted by Gasteiger charge is 2.25. The van der Waals surface area contributed by atoms with Gasteiger partial charge in [0.1, 0.15) is 0 Å². The van der Waals surface area contributed by atoms with E-state index in [1.54, 1.807) is 0 Å². The fourth-order valence-corrected chi connectivity index (χ4v) is 3.20. The summed E-state index contributed by atoms with van der Waals surface area (Å²) in [5.41, 5.74) is -0.146. The van der Waals surface area contributed by atoms with Crippen LogP contribution in [0.2, 0.25) is 0 Å². The number of nitrogens with zero attached hydrogens (tertiary/aromatic N) is 1. The normalized spacial score (nSPS) is 21.6. The minimum atomic E-state index is -0.146. The molecule has 0 amide bonds. The molecule has 19 heavy (non-hydrogen) atoms. The Hall–Kier alpha value is -0.120. The number of rotatable bonds is 7. The molecule has 1 aliphatic rings. The van der Waals surface area contributed by atoms with E-state index in [9.17, 15) is 5.11 Å². The summed E-state index contributed by atoms with van der Waals surface area (Å²) < 4.78 is 0. The van der Waals surface area contributed by atoms with Gasteiger partial charge in [-0.1, -0.05) is 39.5 Å². The molecule has 1 fully saturated rings. The topological polar surface area (TPSA) is 35.5 Å². The van der Waals surface area contributed by atoms with E-state index in [1.165, 1.54) is 38.5 Å². The second-order valence-electron chi connectivity index (χ2n) is 6.89. The zero-order chi connectivity index (χ0) is 14.3. The first-order valence-electron chi connectivity index (χ1n) is 8.05. The van der Waals surface area contributed by atoms with E-state index in [4.69, 9.17) is 0 Å². The minimum Gasteiger partial charge on any atom is -0.394 e. The minimum absolute atomic E-state index is 0.146. The molecule has 0 bridgehead atoms. The van der Waals surface area contributed by atoms with Crippen LogP contribution in [0.4, 0.5) is 0 Å². The lowest BCUT2D eigenvalue weighted by Crippen LogP contribution is -2.51. The van der Waals surface area contributed by atoms with E-state index >= 15 is 0 Å². The molecule has 1 atom stereocenters. The van der Waals surface area contributed by atoms with Crippen molar-refractivity contribution in [2.24, 2.45) is 0 Å². The Kier molecular flexibility index (Phi) is 7.33. The van der Waals surface area contributed by atoms with Crippen LogP contribution in [0.15, 0.2) is 0 Å². The third kappa shape index (κ3) is 6.24. The number of nitrogens with one attached hydrogen (secondary N) is 1. The highest BCUT2D eigenvalue weighted by atomic mass is 16.3. The van der Waals surface area contributed by atoms with Gasteiger partial charge < -0.3 is 15.3 Å². The Morgan fingerprint density at radius 2 is 1.79 bits per heavy atom. The monoisotopic (exact) mass is 270 g/mol. The number of hydrogen-bond donors (Lipinski definition) is 2. The molecule has 0 radical (unpaired) electrons. The highest BCUT2D eigenvalue weighted by Crippen LogP contribution is 2.22. The molecule has 3 nitrogen and oxygen atoms in total. The van der Waals surface area contributed by atoms with Gasteiger partial charge in [0, 0.05) is 17.6 Å². The average molecular weight is 270 g/mol. The van der Waals surface area contributed by atoms with Crippen molar-refractivity contribution in [3.8, 4) is 0 Å². The van der Waals surface area contributed by atoms with E-state index in [0.29, 0.717) is 6.04 Å². The Morgan fingerprint density at radius 1 is 1.21 bits per heavy atom. The molecule has 3 heteroatoms. The molecule has 0 aromatic carbocycles. The summed E-state index contributed by atoms with van der Waals surface area (Å²) in [5.74, 6) is 0. The van der Waals surface area contributed by atoms with E-state index < -0.39 is 0 Å². The van der Waals surface area contributed by atoms with E-state index in [1.807, 2.05) is 0 Å². The van der Waals surface area contributed by atoms with Crippen LogP contribution in [0, 0.1) is 0 Å². The van der Waals surface area contributed by atoms with Crippen molar-refractivity contribution in [3.05, 3.63) is 0 Å². The second kappa shape index (κ2) is 8.23. The Bertz CT molecular complexity index is 237. The zero-order valence-electron chi connectivity index (χ0n) is 13.4. The molecule has 0 heterocycles. The van der Waals surface area contributed by atoms with E-state index in [-0.39, 0.29) is 12.1 Å². The lowest BCUT2D eigenvalue weighted by molar-refractivity contribution is 0.129. The zero-order valence-corrected chi connectivity index (χ0v) is 13.4. The third-order valence-electron chi connectivity index (χ3n) is 4.45. The van der Waals surface area contributed by atoms with Crippen molar-refractivity contribution in [2.75, 3.05) is 20.2 Å². The molecule has 0 saturated heterocycles. The average Bonchev–Trinajstić information content (AvgIpc) is 2.64. The summed E-state index contributed by atoms with van der Waals surface area (Å²) in [6.07, 6.45) is 9.30. The van der Waals surface area contributed by atoms with Crippen LogP contribution in [0.25, 0.3) is 0 Å². The maximum absolute atomic E-state index is 9.62. The van der Waals surface area contributed by atoms with Gasteiger partial charge in [0.15, 0.2) is 0 Å². The summed E-state index contributed by atoms with van der Waals surface area (Å²) in [6, 6.07) is 1.17.